The smallest absolute Gasteiger partial charge is 0.399 e. The van der Waals surface area contributed by atoms with Gasteiger partial charge in [-0.05, 0) is 57.1 Å². The van der Waals surface area contributed by atoms with Crippen LogP contribution in [0.25, 0.3) is 0 Å². The molecule has 0 aliphatic carbocycles. The number of fused-ring (bicyclic) bond motifs is 2. The maximum atomic E-state index is 11.6. The summed E-state index contributed by atoms with van der Waals surface area (Å²) in [5.74, 6) is 0. The Morgan fingerprint density at radius 1 is 0.848 bits per heavy atom. The van der Waals surface area contributed by atoms with Gasteiger partial charge in [0.25, 0.3) is 0 Å². The second-order valence-corrected chi connectivity index (χ2v) is 11.1. The summed E-state index contributed by atoms with van der Waals surface area (Å²) in [5, 5.41) is 11.6. The van der Waals surface area contributed by atoms with Crippen molar-refractivity contribution in [2.24, 2.45) is 0 Å². The molecular weight excluding hydrogens is 413 g/mol. The van der Waals surface area contributed by atoms with Crippen LogP contribution in [-0.4, -0.2) is 59.2 Å². The summed E-state index contributed by atoms with van der Waals surface area (Å²) < 4.78 is 18.2. The van der Waals surface area contributed by atoms with Gasteiger partial charge in [-0.2, -0.15) is 0 Å². The van der Waals surface area contributed by atoms with E-state index in [2.05, 4.69) is 87.2 Å². The number of ether oxygens (including phenoxy) is 1. The van der Waals surface area contributed by atoms with Crippen LogP contribution in [0.15, 0.2) is 54.6 Å². The lowest BCUT2D eigenvalue weighted by molar-refractivity contribution is -0.145. The molecule has 2 unspecified atom stereocenters. The lowest BCUT2D eigenvalue weighted by Gasteiger charge is -2.52. The number of aliphatic hydroxyl groups is 1. The van der Waals surface area contributed by atoms with E-state index in [0.717, 1.165) is 30.4 Å². The molecule has 2 bridgehead atoms. The van der Waals surface area contributed by atoms with Crippen molar-refractivity contribution in [3.8, 4) is 0 Å². The highest BCUT2D eigenvalue weighted by molar-refractivity contribution is 6.62. The van der Waals surface area contributed by atoms with E-state index in [1.807, 2.05) is 0 Å². The highest BCUT2D eigenvalue weighted by Gasteiger charge is 2.51. The van der Waals surface area contributed by atoms with Gasteiger partial charge < -0.3 is 19.2 Å². The van der Waals surface area contributed by atoms with Crippen molar-refractivity contribution in [1.82, 2.24) is 4.90 Å². The molecule has 0 aromatic heterocycles. The van der Waals surface area contributed by atoms with E-state index in [1.165, 1.54) is 5.56 Å². The summed E-state index contributed by atoms with van der Waals surface area (Å²) >= 11 is 0. The van der Waals surface area contributed by atoms with Gasteiger partial charge in [-0.25, -0.2) is 0 Å². The van der Waals surface area contributed by atoms with Crippen molar-refractivity contribution >= 4 is 12.6 Å². The molecule has 5 rings (SSSR count). The van der Waals surface area contributed by atoms with Gasteiger partial charge in [-0.15, -0.1) is 0 Å². The molecule has 3 saturated heterocycles. The minimum Gasteiger partial charge on any atom is -0.399 e. The van der Waals surface area contributed by atoms with Gasteiger partial charge in [0.05, 0.1) is 30.0 Å². The highest BCUT2D eigenvalue weighted by Crippen LogP contribution is 2.38. The number of hydrogen-bond acceptors (Lipinski definition) is 5. The number of rotatable bonds is 5. The Hall–Kier alpha value is -1.70. The highest BCUT2D eigenvalue weighted by atomic mass is 16.7. The Bertz CT molecular complexity index is 932. The minimum absolute atomic E-state index is 0.242. The van der Waals surface area contributed by atoms with Crippen molar-refractivity contribution in [3.05, 3.63) is 65.7 Å². The first-order valence-corrected chi connectivity index (χ1v) is 12.2. The summed E-state index contributed by atoms with van der Waals surface area (Å²) in [5.41, 5.74) is 2.08. The van der Waals surface area contributed by atoms with Crippen molar-refractivity contribution < 1.29 is 19.2 Å². The quantitative estimate of drug-likeness (QED) is 0.710. The molecule has 0 radical (unpaired) electrons. The van der Waals surface area contributed by atoms with E-state index in [0.29, 0.717) is 19.6 Å². The third-order valence-corrected chi connectivity index (χ3v) is 8.04. The number of piperidine rings is 1. The first-order chi connectivity index (χ1) is 15.6. The molecule has 2 atom stereocenters. The molecule has 3 aliphatic rings. The van der Waals surface area contributed by atoms with E-state index < -0.39 is 5.60 Å². The standard InChI is InChI=1S/C27H36BNO4/c1-25(2)26(3,4)33-28(32-25)22-12-10-20(11-13-22)14-27(30)15-23-18-31-19-24(16-27)29(23)17-21-8-6-5-7-9-21/h5-13,23-24,30H,14-19H2,1-4H3. The molecule has 33 heavy (non-hydrogen) atoms. The van der Waals surface area contributed by atoms with E-state index >= 15 is 0 Å². The maximum Gasteiger partial charge on any atom is 0.494 e. The topological polar surface area (TPSA) is 51.2 Å². The lowest BCUT2D eigenvalue weighted by atomic mass is 9.75. The molecular formula is C27H36BNO4. The van der Waals surface area contributed by atoms with Crippen molar-refractivity contribution in [1.29, 1.82) is 0 Å². The molecule has 3 heterocycles. The van der Waals surface area contributed by atoms with Crippen LogP contribution in [0.3, 0.4) is 0 Å². The predicted octanol–water partition coefficient (Wildman–Crippen LogP) is 3.32. The van der Waals surface area contributed by atoms with Gasteiger partial charge in [-0.1, -0.05) is 54.6 Å². The van der Waals surface area contributed by atoms with E-state index in [4.69, 9.17) is 14.0 Å². The van der Waals surface area contributed by atoms with Gasteiger partial charge >= 0.3 is 7.12 Å². The second-order valence-electron chi connectivity index (χ2n) is 11.1. The van der Waals surface area contributed by atoms with Crippen LogP contribution in [0.4, 0.5) is 0 Å². The average molecular weight is 449 g/mol. The molecule has 0 saturated carbocycles. The lowest BCUT2D eigenvalue weighted by Crippen LogP contribution is -2.61. The Morgan fingerprint density at radius 3 is 2.00 bits per heavy atom. The fraction of sp³-hybridized carbons (Fsp3) is 0.556. The van der Waals surface area contributed by atoms with Crippen LogP contribution in [0, 0.1) is 0 Å². The number of benzene rings is 2. The molecule has 1 N–H and O–H groups in total. The van der Waals surface area contributed by atoms with Gasteiger partial charge in [0, 0.05) is 25.0 Å². The first kappa shape index (κ1) is 23.1. The molecule has 3 aliphatic heterocycles. The molecule has 2 aromatic rings. The zero-order valence-corrected chi connectivity index (χ0v) is 20.3. The summed E-state index contributed by atoms with van der Waals surface area (Å²) in [7, 11) is -0.357. The van der Waals surface area contributed by atoms with Crippen LogP contribution in [0.5, 0.6) is 0 Å². The van der Waals surface area contributed by atoms with Crippen molar-refractivity contribution in [3.63, 3.8) is 0 Å². The number of hydrogen-bond donors (Lipinski definition) is 1. The summed E-state index contributed by atoms with van der Waals surface area (Å²) in [6.45, 7) is 10.6. The Balaban J connectivity index is 1.25. The Morgan fingerprint density at radius 2 is 1.42 bits per heavy atom. The maximum absolute atomic E-state index is 11.6. The van der Waals surface area contributed by atoms with Gasteiger partial charge in [-0.3, -0.25) is 4.90 Å². The number of nitrogens with zero attached hydrogens (tertiary/aromatic N) is 1. The largest absolute Gasteiger partial charge is 0.494 e. The van der Waals surface area contributed by atoms with E-state index in [1.54, 1.807) is 0 Å². The predicted molar refractivity (Wildman–Crippen MR) is 130 cm³/mol. The second kappa shape index (κ2) is 8.51. The van der Waals surface area contributed by atoms with Crippen molar-refractivity contribution in [2.45, 2.75) is 82.4 Å². The Kier molecular flexibility index (Phi) is 5.95. The van der Waals surface area contributed by atoms with Crippen LogP contribution >= 0.6 is 0 Å². The molecule has 6 heteroatoms. The third kappa shape index (κ3) is 4.64. The van der Waals surface area contributed by atoms with Gasteiger partial charge in [0.15, 0.2) is 0 Å². The fourth-order valence-corrected chi connectivity index (χ4v) is 5.49. The van der Waals surface area contributed by atoms with Crippen LogP contribution < -0.4 is 5.46 Å². The van der Waals surface area contributed by atoms with Crippen LogP contribution in [0.1, 0.15) is 51.7 Å². The van der Waals surface area contributed by atoms with Crippen LogP contribution in [0.2, 0.25) is 0 Å². The monoisotopic (exact) mass is 449 g/mol. The Labute approximate surface area is 198 Å². The molecule has 2 aromatic carbocycles. The SMILES string of the molecule is CC1(C)OB(c2ccc(CC3(O)CC4COCC(C3)N4Cc3ccccc3)cc2)OC1(C)C. The number of morpholine rings is 1. The van der Waals surface area contributed by atoms with Crippen LogP contribution in [-0.2, 0) is 27.0 Å². The zero-order valence-electron chi connectivity index (χ0n) is 20.3. The molecule has 0 amide bonds. The molecule has 5 nitrogen and oxygen atoms in total. The fourth-order valence-electron chi connectivity index (χ4n) is 5.49. The average Bonchev–Trinajstić information content (AvgIpc) is 2.97. The van der Waals surface area contributed by atoms with E-state index in [9.17, 15) is 5.11 Å². The minimum atomic E-state index is -0.710. The van der Waals surface area contributed by atoms with Crippen molar-refractivity contribution in [2.75, 3.05) is 13.2 Å². The molecule has 176 valence electrons. The van der Waals surface area contributed by atoms with Gasteiger partial charge in [0.2, 0.25) is 0 Å². The van der Waals surface area contributed by atoms with E-state index in [-0.39, 0.29) is 30.4 Å². The normalized spacial score (nSPS) is 31.0. The zero-order chi connectivity index (χ0) is 23.3. The van der Waals surface area contributed by atoms with Gasteiger partial charge in [0.1, 0.15) is 0 Å². The molecule has 3 fully saturated rings. The third-order valence-electron chi connectivity index (χ3n) is 8.04. The molecule has 0 spiro atoms. The summed E-state index contributed by atoms with van der Waals surface area (Å²) in [6.07, 6.45) is 2.12. The summed E-state index contributed by atoms with van der Waals surface area (Å²) in [4.78, 5) is 2.54. The first-order valence-electron chi connectivity index (χ1n) is 12.2. The summed E-state index contributed by atoms with van der Waals surface area (Å²) in [6, 6.07) is 19.5.